The summed E-state index contributed by atoms with van der Waals surface area (Å²) in [6, 6.07) is 0.553. The molecule has 0 aromatic heterocycles. The lowest BCUT2D eigenvalue weighted by atomic mass is 9.93. The summed E-state index contributed by atoms with van der Waals surface area (Å²) in [7, 11) is 0. The molecule has 0 radical (unpaired) electrons. The summed E-state index contributed by atoms with van der Waals surface area (Å²) in [6.45, 7) is 9.91. The highest BCUT2D eigenvalue weighted by Gasteiger charge is 2.29. The van der Waals surface area contributed by atoms with E-state index >= 15 is 0 Å². The Labute approximate surface area is 141 Å². The lowest BCUT2D eigenvalue weighted by Gasteiger charge is -2.40. The van der Waals surface area contributed by atoms with Gasteiger partial charge in [-0.05, 0) is 65.3 Å². The molecule has 2 saturated heterocycles. The zero-order valence-electron chi connectivity index (χ0n) is 15.1. The van der Waals surface area contributed by atoms with E-state index in [1.165, 1.54) is 19.3 Å². The molecule has 0 spiro atoms. The lowest BCUT2D eigenvalue weighted by Crippen LogP contribution is -2.46. The van der Waals surface area contributed by atoms with Crippen LogP contribution in [0.4, 0.5) is 4.79 Å². The number of carbonyl (C=O) groups excluding carboxylic acids is 1. The Hall–Kier alpha value is -0.810. The molecule has 5 nitrogen and oxygen atoms in total. The number of nitrogens with zero attached hydrogens (tertiary/aromatic N) is 2. The molecule has 1 unspecified atom stereocenters. The fraction of sp³-hybridized carbons (Fsp3) is 0.944. The van der Waals surface area contributed by atoms with Gasteiger partial charge < -0.3 is 19.6 Å². The van der Waals surface area contributed by atoms with Crippen LogP contribution in [0.5, 0.6) is 0 Å². The van der Waals surface area contributed by atoms with Gasteiger partial charge in [0.25, 0.3) is 0 Å². The SMILES string of the molecule is CC(C)(C)OC(=O)N1CCC(CN2CCCCC2CCO)CC1. The topological polar surface area (TPSA) is 53.0 Å². The number of likely N-dealkylation sites (tertiary alicyclic amines) is 2. The van der Waals surface area contributed by atoms with Crippen LogP contribution in [0.15, 0.2) is 0 Å². The maximum absolute atomic E-state index is 12.1. The van der Waals surface area contributed by atoms with E-state index in [4.69, 9.17) is 4.74 Å². The summed E-state index contributed by atoms with van der Waals surface area (Å²) in [5.74, 6) is 0.660. The highest BCUT2D eigenvalue weighted by Crippen LogP contribution is 2.25. The van der Waals surface area contributed by atoms with Crippen molar-refractivity contribution >= 4 is 6.09 Å². The Morgan fingerprint density at radius 1 is 1.13 bits per heavy atom. The van der Waals surface area contributed by atoms with Crippen molar-refractivity contribution in [2.45, 2.75) is 70.9 Å². The molecular formula is C18H34N2O3. The molecule has 0 bridgehead atoms. The van der Waals surface area contributed by atoms with Crippen LogP contribution in [-0.4, -0.2) is 65.4 Å². The summed E-state index contributed by atoms with van der Waals surface area (Å²) in [5.41, 5.74) is -0.417. The van der Waals surface area contributed by atoms with Crippen molar-refractivity contribution in [3.05, 3.63) is 0 Å². The first-order chi connectivity index (χ1) is 10.9. The molecule has 0 saturated carbocycles. The third-order valence-corrected chi connectivity index (χ3v) is 4.97. The zero-order chi connectivity index (χ0) is 16.9. The minimum Gasteiger partial charge on any atom is -0.444 e. The van der Waals surface area contributed by atoms with Crippen LogP contribution in [0.25, 0.3) is 0 Å². The van der Waals surface area contributed by atoms with Crippen LogP contribution in [0, 0.1) is 5.92 Å². The van der Waals surface area contributed by atoms with Crippen LogP contribution in [0.1, 0.15) is 59.3 Å². The molecule has 2 fully saturated rings. The maximum Gasteiger partial charge on any atom is 0.410 e. The minimum atomic E-state index is -0.417. The molecule has 0 aliphatic carbocycles. The largest absolute Gasteiger partial charge is 0.444 e. The van der Waals surface area contributed by atoms with E-state index in [0.29, 0.717) is 12.0 Å². The van der Waals surface area contributed by atoms with Crippen molar-refractivity contribution in [3.8, 4) is 0 Å². The molecular weight excluding hydrogens is 292 g/mol. The number of aliphatic hydroxyl groups excluding tert-OH is 1. The summed E-state index contributed by atoms with van der Waals surface area (Å²) in [5, 5.41) is 9.25. The van der Waals surface area contributed by atoms with Gasteiger partial charge in [0.1, 0.15) is 5.60 Å². The van der Waals surface area contributed by atoms with Gasteiger partial charge in [-0.2, -0.15) is 0 Å². The second-order valence-electron chi connectivity index (χ2n) is 8.07. The standard InChI is InChI=1S/C18H34N2O3/c1-18(2,3)23-17(22)19-11-7-15(8-12-19)14-20-10-5-4-6-16(20)9-13-21/h15-16,21H,4-14H2,1-3H3. The van der Waals surface area contributed by atoms with Gasteiger partial charge in [-0.25, -0.2) is 4.79 Å². The molecule has 2 aliphatic heterocycles. The first-order valence-corrected chi connectivity index (χ1v) is 9.22. The van der Waals surface area contributed by atoms with E-state index in [0.717, 1.165) is 45.4 Å². The molecule has 0 aromatic carbocycles. The predicted molar refractivity (Wildman–Crippen MR) is 91.4 cm³/mol. The Morgan fingerprint density at radius 2 is 1.83 bits per heavy atom. The average molecular weight is 326 g/mol. The predicted octanol–water partition coefficient (Wildman–Crippen LogP) is 2.87. The van der Waals surface area contributed by atoms with Crippen LogP contribution in [-0.2, 0) is 4.74 Å². The number of piperidine rings is 2. The molecule has 5 heteroatoms. The molecule has 2 rings (SSSR count). The van der Waals surface area contributed by atoms with E-state index in [9.17, 15) is 9.90 Å². The average Bonchev–Trinajstić information content (AvgIpc) is 2.48. The van der Waals surface area contributed by atoms with E-state index in [1.54, 1.807) is 0 Å². The smallest absolute Gasteiger partial charge is 0.410 e. The van der Waals surface area contributed by atoms with Gasteiger partial charge >= 0.3 is 6.09 Å². The van der Waals surface area contributed by atoms with Crippen molar-refractivity contribution in [2.24, 2.45) is 5.92 Å². The normalized spacial score (nSPS) is 24.7. The van der Waals surface area contributed by atoms with Crippen molar-refractivity contribution in [1.82, 2.24) is 9.80 Å². The molecule has 1 amide bonds. The fourth-order valence-electron chi connectivity index (χ4n) is 3.73. The third-order valence-electron chi connectivity index (χ3n) is 4.97. The second kappa shape index (κ2) is 8.34. The van der Waals surface area contributed by atoms with Gasteiger partial charge in [0.2, 0.25) is 0 Å². The van der Waals surface area contributed by atoms with Crippen LogP contribution in [0.3, 0.4) is 0 Å². The summed E-state index contributed by atoms with van der Waals surface area (Å²) in [6.07, 6.45) is 6.63. The first-order valence-electron chi connectivity index (χ1n) is 9.22. The number of carbonyl (C=O) groups is 1. The second-order valence-corrected chi connectivity index (χ2v) is 8.07. The van der Waals surface area contributed by atoms with Crippen LogP contribution < -0.4 is 0 Å². The van der Waals surface area contributed by atoms with E-state index in [-0.39, 0.29) is 12.7 Å². The molecule has 23 heavy (non-hydrogen) atoms. The quantitative estimate of drug-likeness (QED) is 0.863. The minimum absolute atomic E-state index is 0.174. The van der Waals surface area contributed by atoms with Crippen molar-refractivity contribution in [1.29, 1.82) is 0 Å². The Bertz CT molecular complexity index is 371. The Kier molecular flexibility index (Phi) is 6.72. The van der Waals surface area contributed by atoms with Crippen LogP contribution in [0.2, 0.25) is 0 Å². The zero-order valence-corrected chi connectivity index (χ0v) is 15.1. The number of hydrogen-bond donors (Lipinski definition) is 1. The Morgan fingerprint density at radius 3 is 2.43 bits per heavy atom. The summed E-state index contributed by atoms with van der Waals surface area (Å²) in [4.78, 5) is 16.5. The fourth-order valence-corrected chi connectivity index (χ4v) is 3.73. The highest BCUT2D eigenvalue weighted by molar-refractivity contribution is 5.68. The summed E-state index contributed by atoms with van der Waals surface area (Å²) >= 11 is 0. The summed E-state index contributed by atoms with van der Waals surface area (Å²) < 4.78 is 5.46. The molecule has 134 valence electrons. The van der Waals surface area contributed by atoms with Gasteiger partial charge in [0, 0.05) is 32.3 Å². The van der Waals surface area contributed by atoms with E-state index in [1.807, 2.05) is 25.7 Å². The van der Waals surface area contributed by atoms with E-state index in [2.05, 4.69) is 4.90 Å². The molecule has 2 aliphatic rings. The molecule has 0 aromatic rings. The first kappa shape index (κ1) is 18.5. The highest BCUT2D eigenvalue weighted by atomic mass is 16.6. The van der Waals surface area contributed by atoms with Crippen molar-refractivity contribution in [2.75, 3.05) is 32.8 Å². The molecule has 1 atom stereocenters. The van der Waals surface area contributed by atoms with Gasteiger partial charge in [-0.1, -0.05) is 6.42 Å². The number of ether oxygens (including phenoxy) is 1. The third kappa shape index (κ3) is 5.96. The lowest BCUT2D eigenvalue weighted by molar-refractivity contribution is 0.0148. The monoisotopic (exact) mass is 326 g/mol. The van der Waals surface area contributed by atoms with Crippen LogP contribution >= 0.6 is 0 Å². The molecule has 1 N–H and O–H groups in total. The van der Waals surface area contributed by atoms with Gasteiger partial charge in [-0.3, -0.25) is 0 Å². The van der Waals surface area contributed by atoms with Gasteiger partial charge in [0.05, 0.1) is 0 Å². The van der Waals surface area contributed by atoms with Gasteiger partial charge in [-0.15, -0.1) is 0 Å². The maximum atomic E-state index is 12.1. The number of amides is 1. The van der Waals surface area contributed by atoms with Crippen molar-refractivity contribution in [3.63, 3.8) is 0 Å². The Balaban J connectivity index is 1.76. The van der Waals surface area contributed by atoms with Crippen molar-refractivity contribution < 1.29 is 14.6 Å². The number of aliphatic hydroxyl groups is 1. The van der Waals surface area contributed by atoms with Gasteiger partial charge in [0.15, 0.2) is 0 Å². The number of rotatable bonds is 4. The number of hydrogen-bond acceptors (Lipinski definition) is 4. The van der Waals surface area contributed by atoms with E-state index < -0.39 is 5.60 Å². The molecule has 2 heterocycles.